The van der Waals surface area contributed by atoms with E-state index in [1.54, 1.807) is 0 Å². The quantitative estimate of drug-likeness (QED) is 0.732. The molecule has 1 aliphatic heterocycles. The van der Waals surface area contributed by atoms with Crippen molar-refractivity contribution < 1.29 is 9.59 Å². The Hall–Kier alpha value is -1.55. The molecule has 0 aliphatic carbocycles. The molecule has 0 spiro atoms. The van der Waals surface area contributed by atoms with Crippen LogP contribution >= 0.6 is 11.6 Å². The molecular weight excluding hydrogens is 372 g/mol. The number of amides is 2. The van der Waals surface area contributed by atoms with E-state index in [0.29, 0.717) is 25.4 Å². The van der Waals surface area contributed by atoms with E-state index in [2.05, 4.69) is 31.3 Å². The number of hydrogen-bond donors (Lipinski definition) is 1. The summed E-state index contributed by atoms with van der Waals surface area (Å²) in [6.07, 6.45) is 1.35. The van der Waals surface area contributed by atoms with Crippen LogP contribution in [0, 0.1) is 17.3 Å². The highest BCUT2D eigenvalue weighted by molar-refractivity contribution is 6.30. The van der Waals surface area contributed by atoms with E-state index in [0.717, 1.165) is 11.4 Å². The zero-order valence-electron chi connectivity index (χ0n) is 18.1. The van der Waals surface area contributed by atoms with E-state index >= 15 is 0 Å². The maximum absolute atomic E-state index is 13.2. The van der Waals surface area contributed by atoms with Crippen molar-refractivity contribution in [2.75, 3.05) is 13.1 Å². The molecule has 2 atom stereocenters. The number of halogens is 1. The number of hydrogen-bond acceptors (Lipinski definition) is 2. The van der Waals surface area contributed by atoms with Crippen LogP contribution in [0.15, 0.2) is 24.3 Å². The normalized spacial score (nSPS) is 20.3. The van der Waals surface area contributed by atoms with Crippen molar-refractivity contribution in [3.8, 4) is 0 Å². The van der Waals surface area contributed by atoms with Crippen molar-refractivity contribution >= 4 is 23.4 Å². The lowest BCUT2D eigenvalue weighted by Crippen LogP contribution is -2.56. The summed E-state index contributed by atoms with van der Waals surface area (Å²) in [4.78, 5) is 27.4. The van der Waals surface area contributed by atoms with E-state index < -0.39 is 6.04 Å². The van der Waals surface area contributed by atoms with Gasteiger partial charge in [-0.05, 0) is 47.3 Å². The number of carbonyl (C=O) groups excluding carboxylic acids is 2. The van der Waals surface area contributed by atoms with Crippen LogP contribution in [0.5, 0.6) is 0 Å². The maximum Gasteiger partial charge on any atom is 0.245 e. The topological polar surface area (TPSA) is 49.4 Å². The zero-order chi connectivity index (χ0) is 21.1. The molecule has 1 aromatic rings. The molecular formula is C23H35ClN2O2. The number of carbonyl (C=O) groups is 2. The molecule has 4 nitrogen and oxygen atoms in total. The number of likely N-dealkylation sites (tertiary alicyclic amines) is 1. The Balaban J connectivity index is 2.10. The summed E-state index contributed by atoms with van der Waals surface area (Å²) in [6.45, 7) is 13.8. The zero-order valence-corrected chi connectivity index (χ0v) is 18.8. The predicted octanol–water partition coefficient (Wildman–Crippen LogP) is 4.87. The SMILES string of the molecule is CC(C)CC(=O)NC(C(=O)N1CCC(c2ccc(Cl)cc2)C(C)(C)C1)C(C)C. The fourth-order valence-corrected chi connectivity index (χ4v) is 4.30. The molecule has 0 saturated carbocycles. The molecule has 1 aliphatic rings. The van der Waals surface area contributed by atoms with Crippen molar-refractivity contribution in [1.82, 2.24) is 10.2 Å². The molecule has 1 aromatic carbocycles. The van der Waals surface area contributed by atoms with Gasteiger partial charge in [-0.1, -0.05) is 65.3 Å². The second-order valence-electron chi connectivity index (χ2n) is 9.53. The molecule has 1 fully saturated rings. The summed E-state index contributed by atoms with van der Waals surface area (Å²) in [6, 6.07) is 7.59. The first kappa shape index (κ1) is 22.7. The largest absolute Gasteiger partial charge is 0.344 e. The van der Waals surface area contributed by atoms with Crippen LogP contribution in [0.2, 0.25) is 5.02 Å². The summed E-state index contributed by atoms with van der Waals surface area (Å²) in [7, 11) is 0. The lowest BCUT2D eigenvalue weighted by molar-refractivity contribution is -0.140. The van der Waals surface area contributed by atoms with Crippen molar-refractivity contribution in [3.63, 3.8) is 0 Å². The second kappa shape index (κ2) is 9.30. The number of benzene rings is 1. The Bertz CT molecular complexity index is 682. The molecule has 156 valence electrons. The van der Waals surface area contributed by atoms with Gasteiger partial charge in [-0.2, -0.15) is 0 Å². The summed E-state index contributed by atoms with van der Waals surface area (Å²) >= 11 is 6.04. The van der Waals surface area contributed by atoms with Crippen molar-refractivity contribution in [2.24, 2.45) is 17.3 Å². The van der Waals surface area contributed by atoms with Crippen molar-refractivity contribution in [1.29, 1.82) is 0 Å². The van der Waals surface area contributed by atoms with Gasteiger partial charge in [-0.15, -0.1) is 0 Å². The minimum absolute atomic E-state index is 0.0368. The van der Waals surface area contributed by atoms with E-state index in [1.807, 2.05) is 44.7 Å². The number of piperidine rings is 1. The third-order valence-corrected chi connectivity index (χ3v) is 5.91. The average Bonchev–Trinajstić information content (AvgIpc) is 2.58. The van der Waals surface area contributed by atoms with Gasteiger partial charge in [-0.3, -0.25) is 9.59 Å². The van der Waals surface area contributed by atoms with Gasteiger partial charge in [0.15, 0.2) is 0 Å². The van der Waals surface area contributed by atoms with Crippen LogP contribution in [-0.2, 0) is 9.59 Å². The fraction of sp³-hybridized carbons (Fsp3) is 0.652. The Kier molecular flexibility index (Phi) is 7.55. The third kappa shape index (κ3) is 5.73. The molecule has 1 N–H and O–H groups in total. The molecule has 5 heteroatoms. The van der Waals surface area contributed by atoms with Crippen LogP contribution in [0.25, 0.3) is 0 Å². The molecule has 2 rings (SSSR count). The number of nitrogens with zero attached hydrogens (tertiary/aromatic N) is 1. The van der Waals surface area contributed by atoms with Crippen LogP contribution in [0.3, 0.4) is 0 Å². The lowest BCUT2D eigenvalue weighted by Gasteiger charge is -2.45. The molecule has 0 bridgehead atoms. The van der Waals surface area contributed by atoms with Crippen LogP contribution in [-0.4, -0.2) is 35.8 Å². The minimum atomic E-state index is -0.464. The highest BCUT2D eigenvalue weighted by atomic mass is 35.5. The van der Waals surface area contributed by atoms with Gasteiger partial charge in [0.05, 0.1) is 0 Å². The van der Waals surface area contributed by atoms with E-state index in [9.17, 15) is 9.59 Å². The summed E-state index contributed by atoms with van der Waals surface area (Å²) in [5, 5.41) is 3.72. The fourth-order valence-electron chi connectivity index (χ4n) is 4.17. The van der Waals surface area contributed by atoms with Gasteiger partial charge < -0.3 is 10.2 Å². The summed E-state index contributed by atoms with van der Waals surface area (Å²) in [5.74, 6) is 0.701. The van der Waals surface area contributed by atoms with Crippen LogP contribution in [0.4, 0.5) is 0 Å². The monoisotopic (exact) mass is 406 g/mol. The highest BCUT2D eigenvalue weighted by Gasteiger charge is 2.40. The standard InChI is InChI=1S/C23H35ClN2O2/c1-15(2)13-20(27)25-21(16(3)4)22(28)26-12-11-19(23(5,6)14-26)17-7-9-18(24)10-8-17/h7-10,15-16,19,21H,11-14H2,1-6H3,(H,25,27). The Morgan fingerprint density at radius 3 is 2.29 bits per heavy atom. The Morgan fingerprint density at radius 2 is 1.79 bits per heavy atom. The minimum Gasteiger partial charge on any atom is -0.344 e. The summed E-state index contributed by atoms with van der Waals surface area (Å²) < 4.78 is 0. The van der Waals surface area contributed by atoms with Crippen LogP contribution < -0.4 is 5.32 Å². The Labute approximate surface area is 175 Å². The number of nitrogens with one attached hydrogen (secondary N) is 1. The molecule has 28 heavy (non-hydrogen) atoms. The van der Waals surface area contributed by atoms with Gasteiger partial charge in [0.1, 0.15) is 6.04 Å². The molecule has 1 saturated heterocycles. The molecule has 2 amide bonds. The first-order chi connectivity index (χ1) is 13.0. The van der Waals surface area contributed by atoms with E-state index in [4.69, 9.17) is 11.6 Å². The van der Waals surface area contributed by atoms with Crippen molar-refractivity contribution in [3.05, 3.63) is 34.9 Å². The van der Waals surface area contributed by atoms with Gasteiger partial charge >= 0.3 is 0 Å². The lowest BCUT2D eigenvalue weighted by atomic mass is 9.70. The first-order valence-corrected chi connectivity index (χ1v) is 10.7. The number of rotatable bonds is 6. The average molecular weight is 407 g/mol. The molecule has 0 radical (unpaired) electrons. The van der Waals surface area contributed by atoms with Gasteiger partial charge in [0, 0.05) is 24.5 Å². The highest BCUT2D eigenvalue weighted by Crippen LogP contribution is 2.42. The van der Waals surface area contributed by atoms with Gasteiger partial charge in [0.25, 0.3) is 0 Å². The third-order valence-electron chi connectivity index (χ3n) is 5.66. The Morgan fingerprint density at radius 1 is 1.18 bits per heavy atom. The van der Waals surface area contributed by atoms with Gasteiger partial charge in [-0.25, -0.2) is 0 Å². The van der Waals surface area contributed by atoms with E-state index in [-0.39, 0.29) is 29.1 Å². The first-order valence-electron chi connectivity index (χ1n) is 10.3. The van der Waals surface area contributed by atoms with Crippen LogP contribution in [0.1, 0.15) is 65.9 Å². The maximum atomic E-state index is 13.2. The molecule has 1 heterocycles. The second-order valence-corrected chi connectivity index (χ2v) is 9.96. The predicted molar refractivity (Wildman–Crippen MR) is 115 cm³/mol. The molecule has 2 unspecified atom stereocenters. The smallest absolute Gasteiger partial charge is 0.245 e. The summed E-state index contributed by atoms with van der Waals surface area (Å²) in [5.41, 5.74) is 1.22. The molecule has 0 aromatic heterocycles. The van der Waals surface area contributed by atoms with Gasteiger partial charge in [0.2, 0.25) is 11.8 Å². The van der Waals surface area contributed by atoms with E-state index in [1.165, 1.54) is 5.56 Å². The van der Waals surface area contributed by atoms with Crippen molar-refractivity contribution in [2.45, 2.75) is 66.3 Å².